The minimum absolute atomic E-state index is 0.0549. The molecule has 10 heteroatoms. The van der Waals surface area contributed by atoms with Crippen LogP contribution in [0.25, 0.3) is 0 Å². The summed E-state index contributed by atoms with van der Waals surface area (Å²) in [4.78, 5) is 9.62. The van der Waals surface area contributed by atoms with Crippen LogP contribution in [0.4, 0.5) is 15.8 Å². The Labute approximate surface area is 134 Å². The maximum absolute atomic E-state index is 12.9. The number of nitrogens with one attached hydrogen (secondary N) is 1. The number of sulfonamides is 1. The lowest BCUT2D eigenvalue weighted by Gasteiger charge is -2.09. The van der Waals surface area contributed by atoms with E-state index in [1.54, 1.807) is 0 Å². The third-order valence-electron chi connectivity index (χ3n) is 2.60. The molecule has 22 heavy (non-hydrogen) atoms. The van der Waals surface area contributed by atoms with E-state index in [0.717, 1.165) is 36.4 Å². The van der Waals surface area contributed by atoms with E-state index in [4.69, 9.17) is 23.2 Å². The van der Waals surface area contributed by atoms with Crippen LogP contribution in [-0.2, 0) is 10.0 Å². The summed E-state index contributed by atoms with van der Waals surface area (Å²) >= 11 is 11.4. The predicted octanol–water partition coefficient (Wildman–Crippen LogP) is 3.84. The molecule has 1 N–H and O–H groups in total. The quantitative estimate of drug-likeness (QED) is 0.659. The molecule has 0 heterocycles. The summed E-state index contributed by atoms with van der Waals surface area (Å²) in [5.41, 5.74) is -0.601. The molecule has 0 atom stereocenters. The molecular formula is C12H7Cl2FN2O4S. The third-order valence-corrected chi connectivity index (χ3v) is 4.60. The van der Waals surface area contributed by atoms with Gasteiger partial charge in [-0.25, -0.2) is 12.8 Å². The van der Waals surface area contributed by atoms with Crippen LogP contribution in [0, 0.1) is 15.9 Å². The smallest absolute Gasteiger partial charge is 0.278 e. The van der Waals surface area contributed by atoms with Crippen LogP contribution >= 0.6 is 23.2 Å². The maximum Gasteiger partial charge on any atom is 0.289 e. The second-order valence-electron chi connectivity index (χ2n) is 4.10. The first-order chi connectivity index (χ1) is 10.2. The van der Waals surface area contributed by atoms with Crippen LogP contribution < -0.4 is 4.72 Å². The Balaban J connectivity index is 2.42. The number of benzene rings is 2. The van der Waals surface area contributed by atoms with Gasteiger partial charge in [0.15, 0.2) is 0 Å². The van der Waals surface area contributed by atoms with Crippen LogP contribution in [-0.4, -0.2) is 13.3 Å². The van der Waals surface area contributed by atoms with Crippen LogP contribution in [0.5, 0.6) is 0 Å². The molecule has 0 saturated heterocycles. The molecular weight excluding hydrogens is 358 g/mol. The van der Waals surface area contributed by atoms with Gasteiger partial charge in [0.1, 0.15) is 10.8 Å². The average Bonchev–Trinajstić information content (AvgIpc) is 2.42. The van der Waals surface area contributed by atoms with Crippen molar-refractivity contribution < 1.29 is 17.7 Å². The molecule has 0 unspecified atom stereocenters. The first-order valence-corrected chi connectivity index (χ1v) is 7.86. The minimum atomic E-state index is -4.14. The lowest BCUT2D eigenvalue weighted by Crippen LogP contribution is -2.13. The van der Waals surface area contributed by atoms with Gasteiger partial charge in [-0.2, -0.15) is 0 Å². The predicted molar refractivity (Wildman–Crippen MR) is 80.3 cm³/mol. The maximum atomic E-state index is 12.9. The molecule has 0 radical (unpaired) electrons. The van der Waals surface area contributed by atoms with Gasteiger partial charge in [0.2, 0.25) is 0 Å². The third kappa shape index (κ3) is 3.46. The van der Waals surface area contributed by atoms with Crippen molar-refractivity contribution in [2.24, 2.45) is 0 Å². The summed E-state index contributed by atoms with van der Waals surface area (Å²) < 4.78 is 39.5. The van der Waals surface area contributed by atoms with E-state index in [-0.39, 0.29) is 20.6 Å². The number of nitro benzene ring substituents is 1. The van der Waals surface area contributed by atoms with E-state index in [1.165, 1.54) is 0 Å². The zero-order valence-corrected chi connectivity index (χ0v) is 12.9. The van der Waals surface area contributed by atoms with Crippen molar-refractivity contribution in [3.8, 4) is 0 Å². The Morgan fingerprint density at radius 1 is 1.09 bits per heavy atom. The molecule has 0 aliphatic carbocycles. The molecule has 0 saturated carbocycles. The van der Waals surface area contributed by atoms with Crippen LogP contribution in [0.3, 0.4) is 0 Å². The van der Waals surface area contributed by atoms with Gasteiger partial charge in [-0.05, 0) is 30.3 Å². The molecule has 2 aromatic rings. The van der Waals surface area contributed by atoms with Gasteiger partial charge in [0.05, 0.1) is 20.5 Å². The molecule has 6 nitrogen and oxygen atoms in total. The highest BCUT2D eigenvalue weighted by Crippen LogP contribution is 2.29. The Bertz CT molecular complexity index is 858. The summed E-state index contributed by atoms with van der Waals surface area (Å²) in [6.07, 6.45) is 0. The van der Waals surface area contributed by atoms with Crippen molar-refractivity contribution in [2.75, 3.05) is 4.72 Å². The van der Waals surface area contributed by atoms with Gasteiger partial charge in [0.25, 0.3) is 15.7 Å². The average molecular weight is 365 g/mol. The van der Waals surface area contributed by atoms with Gasteiger partial charge >= 0.3 is 0 Å². The second-order valence-corrected chi connectivity index (χ2v) is 6.60. The number of nitro groups is 1. The van der Waals surface area contributed by atoms with Crippen molar-refractivity contribution in [1.29, 1.82) is 0 Å². The Kier molecular flexibility index (Phi) is 4.55. The van der Waals surface area contributed by atoms with Crippen LogP contribution in [0.15, 0.2) is 41.3 Å². The van der Waals surface area contributed by atoms with Crippen molar-refractivity contribution in [3.63, 3.8) is 0 Å². The van der Waals surface area contributed by atoms with Crippen molar-refractivity contribution in [2.45, 2.75) is 4.90 Å². The number of hydrogen-bond donors (Lipinski definition) is 1. The fraction of sp³-hybridized carbons (Fsp3) is 0. The first kappa shape index (κ1) is 16.5. The van der Waals surface area contributed by atoms with E-state index in [1.807, 2.05) is 0 Å². The van der Waals surface area contributed by atoms with Gasteiger partial charge in [-0.15, -0.1) is 0 Å². The SMILES string of the molecule is O=[N+]([O-])c1cc(S(=O)(=O)Nc2ccc(F)cc2Cl)ccc1Cl. The van der Waals surface area contributed by atoms with Gasteiger partial charge < -0.3 is 0 Å². The van der Waals surface area contributed by atoms with Crippen molar-refractivity contribution in [1.82, 2.24) is 0 Å². The number of hydrogen-bond acceptors (Lipinski definition) is 4. The van der Waals surface area contributed by atoms with Crippen molar-refractivity contribution in [3.05, 3.63) is 62.4 Å². The van der Waals surface area contributed by atoms with E-state index >= 15 is 0 Å². The van der Waals surface area contributed by atoms with E-state index in [2.05, 4.69) is 4.72 Å². The molecule has 0 aliphatic rings. The normalized spacial score (nSPS) is 11.2. The lowest BCUT2D eigenvalue weighted by molar-refractivity contribution is -0.384. The lowest BCUT2D eigenvalue weighted by atomic mass is 10.3. The Morgan fingerprint density at radius 3 is 2.36 bits per heavy atom. The highest BCUT2D eigenvalue weighted by molar-refractivity contribution is 7.92. The highest BCUT2D eigenvalue weighted by Gasteiger charge is 2.21. The Hall–Kier alpha value is -1.90. The number of anilines is 1. The summed E-state index contributed by atoms with van der Waals surface area (Å²) in [7, 11) is -4.14. The zero-order chi connectivity index (χ0) is 16.5. The van der Waals surface area contributed by atoms with E-state index in [0.29, 0.717) is 0 Å². The monoisotopic (exact) mass is 364 g/mol. The molecule has 2 aromatic carbocycles. The van der Waals surface area contributed by atoms with E-state index < -0.39 is 26.5 Å². The zero-order valence-electron chi connectivity index (χ0n) is 10.6. The largest absolute Gasteiger partial charge is 0.289 e. The molecule has 0 aliphatic heterocycles. The summed E-state index contributed by atoms with van der Waals surface area (Å²) in [6, 6.07) is 6.12. The molecule has 0 fully saturated rings. The molecule has 0 aromatic heterocycles. The van der Waals surface area contributed by atoms with E-state index in [9.17, 15) is 22.9 Å². The molecule has 0 amide bonds. The molecule has 0 spiro atoms. The summed E-state index contributed by atoms with van der Waals surface area (Å²) in [6.45, 7) is 0. The topological polar surface area (TPSA) is 89.3 Å². The van der Waals surface area contributed by atoms with Crippen LogP contribution in [0.2, 0.25) is 10.0 Å². The molecule has 2 rings (SSSR count). The fourth-order valence-corrected chi connectivity index (χ4v) is 3.13. The molecule has 116 valence electrons. The van der Waals surface area contributed by atoms with Gasteiger partial charge in [0, 0.05) is 6.07 Å². The number of halogens is 3. The number of rotatable bonds is 4. The fourth-order valence-electron chi connectivity index (χ4n) is 1.58. The summed E-state index contributed by atoms with van der Waals surface area (Å²) in [5, 5.41) is 10.5. The standard InChI is InChI=1S/C12H7Cl2FN2O4S/c13-9-3-2-8(6-12(9)17(18)19)22(20,21)16-11-4-1-7(15)5-10(11)14/h1-6,16H. The highest BCUT2D eigenvalue weighted by atomic mass is 35.5. The van der Waals surface area contributed by atoms with Gasteiger partial charge in [-0.3, -0.25) is 14.8 Å². The van der Waals surface area contributed by atoms with Crippen molar-refractivity contribution >= 4 is 44.6 Å². The second kappa shape index (κ2) is 6.07. The number of nitrogens with zero attached hydrogens (tertiary/aromatic N) is 1. The van der Waals surface area contributed by atoms with Gasteiger partial charge in [-0.1, -0.05) is 23.2 Å². The molecule has 0 bridgehead atoms. The summed E-state index contributed by atoms with van der Waals surface area (Å²) in [5.74, 6) is -0.630. The minimum Gasteiger partial charge on any atom is -0.278 e. The first-order valence-electron chi connectivity index (χ1n) is 5.62. The Morgan fingerprint density at radius 2 is 1.77 bits per heavy atom. The van der Waals surface area contributed by atoms with Crippen LogP contribution in [0.1, 0.15) is 0 Å².